The number of carbonyl (C=O) groups excluding carboxylic acids is 1. The molecule has 1 aliphatic rings. The van der Waals surface area contributed by atoms with Crippen LogP contribution >= 0.6 is 0 Å². The van der Waals surface area contributed by atoms with Crippen LogP contribution in [0.5, 0.6) is 0 Å². The summed E-state index contributed by atoms with van der Waals surface area (Å²) in [6.07, 6.45) is 4.68. The van der Waals surface area contributed by atoms with E-state index in [1.165, 1.54) is 0 Å². The average molecular weight is 255 g/mol. The van der Waals surface area contributed by atoms with E-state index in [2.05, 4.69) is 18.7 Å². The number of carbonyl (C=O) groups is 1. The number of piperidine rings is 1. The van der Waals surface area contributed by atoms with Gasteiger partial charge in [0.15, 0.2) is 0 Å². The van der Waals surface area contributed by atoms with Gasteiger partial charge in [-0.3, -0.25) is 4.79 Å². The summed E-state index contributed by atoms with van der Waals surface area (Å²) in [6.45, 7) is 7.64. The summed E-state index contributed by atoms with van der Waals surface area (Å²) in [5.74, 6) is 0.214. The molecule has 18 heavy (non-hydrogen) atoms. The summed E-state index contributed by atoms with van der Waals surface area (Å²) < 4.78 is 0. The number of hydrogen-bond donors (Lipinski definition) is 1. The van der Waals surface area contributed by atoms with Crippen molar-refractivity contribution in [3.05, 3.63) is 0 Å². The Morgan fingerprint density at radius 1 is 1.39 bits per heavy atom. The van der Waals surface area contributed by atoms with Gasteiger partial charge in [-0.05, 0) is 25.8 Å². The van der Waals surface area contributed by atoms with E-state index in [0.29, 0.717) is 12.5 Å². The van der Waals surface area contributed by atoms with E-state index >= 15 is 0 Å². The molecule has 4 heteroatoms. The van der Waals surface area contributed by atoms with Crippen molar-refractivity contribution in [1.29, 1.82) is 0 Å². The SMILES string of the molecule is CCCC(N)CC(=O)N(C)C1CCN(CC)CC1. The first kappa shape index (κ1) is 15.4. The third-order valence-corrected chi connectivity index (χ3v) is 4.04. The number of nitrogens with zero attached hydrogens (tertiary/aromatic N) is 2. The van der Waals surface area contributed by atoms with E-state index in [0.717, 1.165) is 45.3 Å². The highest BCUT2D eigenvalue weighted by molar-refractivity contribution is 5.76. The van der Waals surface area contributed by atoms with Crippen LogP contribution in [0.3, 0.4) is 0 Å². The van der Waals surface area contributed by atoms with Gasteiger partial charge >= 0.3 is 0 Å². The Labute approximate surface area is 111 Å². The average Bonchev–Trinajstić information content (AvgIpc) is 2.38. The van der Waals surface area contributed by atoms with Gasteiger partial charge in [-0.1, -0.05) is 20.3 Å². The predicted octanol–water partition coefficient (Wildman–Crippen LogP) is 1.45. The van der Waals surface area contributed by atoms with Crippen LogP contribution in [-0.2, 0) is 4.79 Å². The molecule has 0 aliphatic carbocycles. The van der Waals surface area contributed by atoms with Gasteiger partial charge in [0.05, 0.1) is 0 Å². The zero-order valence-corrected chi connectivity index (χ0v) is 12.2. The molecule has 0 saturated carbocycles. The second-order valence-corrected chi connectivity index (χ2v) is 5.42. The monoisotopic (exact) mass is 255 g/mol. The highest BCUT2D eigenvalue weighted by Crippen LogP contribution is 2.16. The molecular weight excluding hydrogens is 226 g/mol. The highest BCUT2D eigenvalue weighted by atomic mass is 16.2. The second kappa shape index (κ2) is 7.74. The lowest BCUT2D eigenvalue weighted by molar-refractivity contribution is -0.133. The molecule has 1 rings (SSSR count). The van der Waals surface area contributed by atoms with E-state index in [9.17, 15) is 4.79 Å². The molecule has 4 nitrogen and oxygen atoms in total. The van der Waals surface area contributed by atoms with Crippen molar-refractivity contribution in [2.45, 2.75) is 58.0 Å². The van der Waals surface area contributed by atoms with Gasteiger partial charge in [0.25, 0.3) is 0 Å². The molecule has 0 aromatic heterocycles. The van der Waals surface area contributed by atoms with Crippen molar-refractivity contribution in [3.8, 4) is 0 Å². The number of nitrogens with two attached hydrogens (primary N) is 1. The van der Waals surface area contributed by atoms with Gasteiger partial charge in [-0.15, -0.1) is 0 Å². The number of hydrogen-bond acceptors (Lipinski definition) is 3. The van der Waals surface area contributed by atoms with Crippen LogP contribution in [0.4, 0.5) is 0 Å². The fourth-order valence-corrected chi connectivity index (χ4v) is 2.67. The Morgan fingerprint density at radius 3 is 2.50 bits per heavy atom. The first-order valence-electron chi connectivity index (χ1n) is 7.32. The number of likely N-dealkylation sites (tertiary alicyclic amines) is 1. The molecule has 0 spiro atoms. The van der Waals surface area contributed by atoms with E-state index in [1.54, 1.807) is 0 Å². The molecule has 1 heterocycles. The topological polar surface area (TPSA) is 49.6 Å². The van der Waals surface area contributed by atoms with E-state index in [1.807, 2.05) is 11.9 Å². The summed E-state index contributed by atoms with van der Waals surface area (Å²) in [6, 6.07) is 0.440. The fraction of sp³-hybridized carbons (Fsp3) is 0.929. The normalized spacial score (nSPS) is 19.8. The summed E-state index contributed by atoms with van der Waals surface area (Å²) in [7, 11) is 1.94. The predicted molar refractivity (Wildman–Crippen MR) is 75.4 cm³/mol. The summed E-state index contributed by atoms with van der Waals surface area (Å²) in [5, 5.41) is 0. The minimum absolute atomic E-state index is 0.0284. The maximum absolute atomic E-state index is 12.1. The summed E-state index contributed by atoms with van der Waals surface area (Å²) >= 11 is 0. The van der Waals surface area contributed by atoms with Crippen LogP contribution in [0.25, 0.3) is 0 Å². The number of amides is 1. The van der Waals surface area contributed by atoms with Crippen LogP contribution in [0.15, 0.2) is 0 Å². The molecule has 0 bridgehead atoms. The van der Waals surface area contributed by atoms with E-state index in [-0.39, 0.29) is 11.9 Å². The van der Waals surface area contributed by atoms with Crippen LogP contribution < -0.4 is 5.73 Å². The van der Waals surface area contributed by atoms with Crippen molar-refractivity contribution in [3.63, 3.8) is 0 Å². The molecule has 1 fully saturated rings. The Kier molecular flexibility index (Phi) is 6.65. The van der Waals surface area contributed by atoms with Crippen LogP contribution in [-0.4, -0.2) is 54.5 Å². The van der Waals surface area contributed by atoms with Gasteiger partial charge in [-0.25, -0.2) is 0 Å². The van der Waals surface area contributed by atoms with Crippen molar-refractivity contribution >= 4 is 5.91 Å². The van der Waals surface area contributed by atoms with Crippen molar-refractivity contribution in [2.75, 3.05) is 26.7 Å². The first-order chi connectivity index (χ1) is 8.58. The Morgan fingerprint density at radius 2 is 2.00 bits per heavy atom. The quantitative estimate of drug-likeness (QED) is 0.781. The largest absolute Gasteiger partial charge is 0.343 e. The van der Waals surface area contributed by atoms with Gasteiger partial charge < -0.3 is 15.5 Å². The molecule has 106 valence electrons. The molecule has 1 aliphatic heterocycles. The Bertz CT molecular complexity index is 249. The molecular formula is C14H29N3O. The maximum Gasteiger partial charge on any atom is 0.224 e. The standard InChI is InChI=1S/C14H29N3O/c1-4-6-12(15)11-14(18)16(3)13-7-9-17(5-2)10-8-13/h12-13H,4-11,15H2,1-3H3. The van der Waals surface area contributed by atoms with Crippen molar-refractivity contribution in [2.24, 2.45) is 5.73 Å². The highest BCUT2D eigenvalue weighted by Gasteiger charge is 2.25. The Balaban J connectivity index is 2.35. The zero-order chi connectivity index (χ0) is 13.5. The lowest BCUT2D eigenvalue weighted by Crippen LogP contribution is -2.46. The van der Waals surface area contributed by atoms with Crippen LogP contribution in [0.1, 0.15) is 46.0 Å². The third kappa shape index (κ3) is 4.58. The molecule has 1 unspecified atom stereocenters. The lowest BCUT2D eigenvalue weighted by atomic mass is 10.0. The van der Waals surface area contributed by atoms with Gasteiger partial charge in [0.1, 0.15) is 0 Å². The zero-order valence-electron chi connectivity index (χ0n) is 12.2. The smallest absolute Gasteiger partial charge is 0.224 e. The lowest BCUT2D eigenvalue weighted by Gasteiger charge is -2.36. The minimum atomic E-state index is 0.0284. The van der Waals surface area contributed by atoms with Crippen LogP contribution in [0, 0.1) is 0 Å². The van der Waals surface area contributed by atoms with Crippen LogP contribution in [0.2, 0.25) is 0 Å². The van der Waals surface area contributed by atoms with Gasteiger partial charge in [0.2, 0.25) is 5.91 Å². The van der Waals surface area contributed by atoms with Gasteiger partial charge in [-0.2, -0.15) is 0 Å². The molecule has 2 N–H and O–H groups in total. The summed E-state index contributed by atoms with van der Waals surface area (Å²) in [5.41, 5.74) is 5.94. The molecule has 1 amide bonds. The molecule has 0 aromatic rings. The molecule has 1 saturated heterocycles. The van der Waals surface area contributed by atoms with Gasteiger partial charge in [0, 0.05) is 38.6 Å². The van der Waals surface area contributed by atoms with E-state index < -0.39 is 0 Å². The number of rotatable bonds is 6. The maximum atomic E-state index is 12.1. The summed E-state index contributed by atoms with van der Waals surface area (Å²) in [4.78, 5) is 16.5. The Hall–Kier alpha value is -0.610. The second-order valence-electron chi connectivity index (χ2n) is 5.42. The van der Waals surface area contributed by atoms with Crippen molar-refractivity contribution in [1.82, 2.24) is 9.80 Å². The van der Waals surface area contributed by atoms with Crippen molar-refractivity contribution < 1.29 is 4.79 Å². The van der Waals surface area contributed by atoms with E-state index in [4.69, 9.17) is 5.73 Å². The molecule has 0 aromatic carbocycles. The fourth-order valence-electron chi connectivity index (χ4n) is 2.67. The third-order valence-electron chi connectivity index (χ3n) is 4.04. The first-order valence-corrected chi connectivity index (χ1v) is 7.32. The molecule has 0 radical (unpaired) electrons. The molecule has 1 atom stereocenters. The minimum Gasteiger partial charge on any atom is -0.343 e.